The van der Waals surface area contributed by atoms with E-state index in [2.05, 4.69) is 36.1 Å². The molecule has 0 radical (unpaired) electrons. The number of fused-ring (bicyclic) bond motifs is 1. The van der Waals surface area contributed by atoms with Crippen LogP contribution in [0.2, 0.25) is 0 Å². The van der Waals surface area contributed by atoms with Crippen molar-refractivity contribution in [1.29, 1.82) is 0 Å². The number of allylic oxidation sites excluding steroid dienone is 1. The molecule has 0 unspecified atom stereocenters. The predicted octanol–water partition coefficient (Wildman–Crippen LogP) is 1.98. The Bertz CT molecular complexity index is 410. The van der Waals surface area contributed by atoms with Gasteiger partial charge in [0.1, 0.15) is 0 Å². The summed E-state index contributed by atoms with van der Waals surface area (Å²) in [6.07, 6.45) is 6.31. The van der Waals surface area contributed by atoms with Crippen LogP contribution in [0.1, 0.15) is 17.5 Å². The van der Waals surface area contributed by atoms with Gasteiger partial charge in [-0.1, -0.05) is 6.08 Å². The summed E-state index contributed by atoms with van der Waals surface area (Å²) in [5.41, 5.74) is 3.94. The van der Waals surface area contributed by atoms with Crippen LogP contribution in [0.3, 0.4) is 0 Å². The van der Waals surface area contributed by atoms with E-state index in [1.165, 1.54) is 16.7 Å². The molecule has 1 heterocycles. The van der Waals surface area contributed by atoms with E-state index in [4.69, 9.17) is 4.74 Å². The standard InChI is InChI=1S/C13H18N2O/c1-15(2)9-7-11-5-4-10-6-8-14-13(16-3)12(10)11/h6-8H,4-5,9H2,1-3H3/b11-7+. The number of likely N-dealkylation sites (N-methyl/N-ethyl adjacent to an activating group) is 1. The highest BCUT2D eigenvalue weighted by Gasteiger charge is 2.20. The molecule has 1 aliphatic carbocycles. The van der Waals surface area contributed by atoms with Gasteiger partial charge in [0.25, 0.3) is 0 Å². The van der Waals surface area contributed by atoms with E-state index < -0.39 is 0 Å². The molecule has 3 nitrogen and oxygen atoms in total. The van der Waals surface area contributed by atoms with Crippen LogP contribution >= 0.6 is 0 Å². The van der Waals surface area contributed by atoms with E-state index in [-0.39, 0.29) is 0 Å². The zero-order valence-electron chi connectivity index (χ0n) is 10.2. The number of methoxy groups -OCH3 is 1. The van der Waals surface area contributed by atoms with Gasteiger partial charge in [0.15, 0.2) is 0 Å². The second kappa shape index (κ2) is 4.66. The quantitative estimate of drug-likeness (QED) is 0.775. The Morgan fingerprint density at radius 1 is 1.44 bits per heavy atom. The highest BCUT2D eigenvalue weighted by Crippen LogP contribution is 2.37. The zero-order valence-corrected chi connectivity index (χ0v) is 10.2. The van der Waals surface area contributed by atoms with Gasteiger partial charge >= 0.3 is 0 Å². The summed E-state index contributed by atoms with van der Waals surface area (Å²) < 4.78 is 5.33. The summed E-state index contributed by atoms with van der Waals surface area (Å²) in [4.78, 5) is 6.43. The van der Waals surface area contributed by atoms with Gasteiger partial charge in [-0.05, 0) is 44.1 Å². The molecular weight excluding hydrogens is 200 g/mol. The van der Waals surface area contributed by atoms with E-state index >= 15 is 0 Å². The summed E-state index contributed by atoms with van der Waals surface area (Å²) >= 11 is 0. The molecule has 2 rings (SSSR count). The van der Waals surface area contributed by atoms with Crippen LogP contribution in [0.25, 0.3) is 5.57 Å². The molecule has 1 aromatic rings. The predicted molar refractivity (Wildman–Crippen MR) is 65.6 cm³/mol. The third kappa shape index (κ3) is 2.09. The van der Waals surface area contributed by atoms with Crippen molar-refractivity contribution in [3.63, 3.8) is 0 Å². The Morgan fingerprint density at radius 2 is 2.25 bits per heavy atom. The molecule has 0 aliphatic heterocycles. The van der Waals surface area contributed by atoms with Gasteiger partial charge in [0.05, 0.1) is 7.11 Å². The van der Waals surface area contributed by atoms with Gasteiger partial charge in [-0.3, -0.25) is 0 Å². The van der Waals surface area contributed by atoms with Gasteiger partial charge < -0.3 is 9.64 Å². The molecule has 1 aromatic heterocycles. The van der Waals surface area contributed by atoms with Crippen LogP contribution in [0.4, 0.5) is 0 Å². The van der Waals surface area contributed by atoms with Crippen LogP contribution < -0.4 is 4.74 Å². The van der Waals surface area contributed by atoms with Crippen LogP contribution in [0, 0.1) is 0 Å². The van der Waals surface area contributed by atoms with Crippen LogP contribution in [-0.2, 0) is 6.42 Å². The Kier molecular flexibility index (Phi) is 3.25. The smallest absolute Gasteiger partial charge is 0.220 e. The zero-order chi connectivity index (χ0) is 11.5. The second-order valence-electron chi connectivity index (χ2n) is 4.35. The Hall–Kier alpha value is -1.35. The largest absolute Gasteiger partial charge is 0.481 e. The minimum absolute atomic E-state index is 0.764. The van der Waals surface area contributed by atoms with E-state index in [0.717, 1.165) is 25.3 Å². The number of hydrogen-bond acceptors (Lipinski definition) is 3. The fourth-order valence-corrected chi connectivity index (χ4v) is 2.08. The lowest BCUT2D eigenvalue weighted by Gasteiger charge is -2.09. The van der Waals surface area contributed by atoms with Gasteiger partial charge in [0, 0.05) is 18.3 Å². The molecule has 0 spiro atoms. The molecule has 0 N–H and O–H groups in total. The number of rotatable bonds is 3. The first kappa shape index (κ1) is 11.1. The maximum atomic E-state index is 5.33. The van der Waals surface area contributed by atoms with E-state index in [0.29, 0.717) is 0 Å². The van der Waals surface area contributed by atoms with Gasteiger partial charge in [-0.25, -0.2) is 4.98 Å². The molecule has 1 aliphatic rings. The van der Waals surface area contributed by atoms with E-state index in [9.17, 15) is 0 Å². The lowest BCUT2D eigenvalue weighted by atomic mass is 10.1. The number of pyridine rings is 1. The maximum absolute atomic E-state index is 5.33. The van der Waals surface area contributed by atoms with Gasteiger partial charge in [-0.15, -0.1) is 0 Å². The monoisotopic (exact) mass is 218 g/mol. The lowest BCUT2D eigenvalue weighted by Crippen LogP contribution is -2.11. The first-order valence-corrected chi connectivity index (χ1v) is 5.58. The summed E-state index contributed by atoms with van der Waals surface area (Å²) in [6, 6.07) is 2.09. The van der Waals surface area contributed by atoms with Gasteiger partial charge in [-0.2, -0.15) is 0 Å². The van der Waals surface area contributed by atoms with Crippen molar-refractivity contribution in [1.82, 2.24) is 9.88 Å². The van der Waals surface area contributed by atoms with Gasteiger partial charge in [0.2, 0.25) is 5.88 Å². The van der Waals surface area contributed by atoms with Crippen molar-refractivity contribution < 1.29 is 4.74 Å². The van der Waals surface area contributed by atoms with Crippen LogP contribution in [0.5, 0.6) is 5.88 Å². The molecule has 3 heteroatoms. The Labute approximate surface area is 96.7 Å². The first-order chi connectivity index (χ1) is 7.72. The summed E-state index contributed by atoms with van der Waals surface area (Å²) in [5, 5.41) is 0. The average Bonchev–Trinajstić information content (AvgIpc) is 2.69. The average molecular weight is 218 g/mol. The van der Waals surface area contributed by atoms with Crippen molar-refractivity contribution in [2.75, 3.05) is 27.7 Å². The molecule has 0 saturated carbocycles. The van der Waals surface area contributed by atoms with E-state index in [1.54, 1.807) is 7.11 Å². The molecular formula is C13H18N2O. The molecule has 0 bridgehead atoms. The fourth-order valence-electron chi connectivity index (χ4n) is 2.08. The molecule has 16 heavy (non-hydrogen) atoms. The third-order valence-corrected chi connectivity index (χ3v) is 2.88. The number of hydrogen-bond donors (Lipinski definition) is 0. The highest BCUT2D eigenvalue weighted by atomic mass is 16.5. The van der Waals surface area contributed by atoms with Crippen LogP contribution in [-0.4, -0.2) is 37.6 Å². The summed E-state index contributed by atoms with van der Waals surface area (Å²) in [6.45, 7) is 0.965. The van der Waals surface area contributed by atoms with E-state index in [1.807, 2.05) is 6.20 Å². The number of nitrogens with zero attached hydrogens (tertiary/aromatic N) is 2. The summed E-state index contributed by atoms with van der Waals surface area (Å²) in [5.74, 6) is 0.764. The van der Waals surface area contributed by atoms with Crippen molar-refractivity contribution in [3.05, 3.63) is 29.5 Å². The minimum atomic E-state index is 0.764. The lowest BCUT2D eigenvalue weighted by molar-refractivity contribution is 0.396. The third-order valence-electron chi connectivity index (χ3n) is 2.88. The topological polar surface area (TPSA) is 25.4 Å². The van der Waals surface area contributed by atoms with Crippen LogP contribution in [0.15, 0.2) is 18.3 Å². The van der Waals surface area contributed by atoms with Crippen molar-refractivity contribution >= 4 is 5.57 Å². The summed E-state index contributed by atoms with van der Waals surface area (Å²) in [7, 11) is 5.84. The maximum Gasteiger partial charge on any atom is 0.220 e. The second-order valence-corrected chi connectivity index (χ2v) is 4.35. The number of aryl methyl sites for hydroxylation is 1. The fraction of sp³-hybridized carbons (Fsp3) is 0.462. The molecule has 0 saturated heterocycles. The van der Waals surface area contributed by atoms with Crippen molar-refractivity contribution in [3.8, 4) is 5.88 Å². The number of aromatic nitrogens is 1. The highest BCUT2D eigenvalue weighted by molar-refractivity contribution is 5.75. The Morgan fingerprint density at radius 3 is 2.94 bits per heavy atom. The molecule has 0 amide bonds. The molecule has 0 aromatic carbocycles. The minimum Gasteiger partial charge on any atom is -0.481 e. The number of ether oxygens (including phenoxy) is 1. The molecule has 0 atom stereocenters. The normalized spacial score (nSPS) is 16.9. The Balaban J connectivity index is 2.34. The molecule has 0 fully saturated rings. The van der Waals surface area contributed by atoms with Crippen molar-refractivity contribution in [2.24, 2.45) is 0 Å². The molecule has 86 valence electrons. The SMILES string of the molecule is COc1nccc2c1/C(=C/CN(C)C)CC2. The first-order valence-electron chi connectivity index (χ1n) is 5.58. The van der Waals surface area contributed by atoms with Crippen molar-refractivity contribution in [2.45, 2.75) is 12.8 Å².